The number of carbonyl (C=O) groups excluding carboxylic acids is 1. The normalized spacial score (nSPS) is 48.1. The molecule has 4 aliphatic heterocycles. The molecular formula is C34H49NO13. The van der Waals surface area contributed by atoms with Gasteiger partial charge in [-0.1, -0.05) is 55.5 Å². The van der Waals surface area contributed by atoms with E-state index in [0.29, 0.717) is 0 Å². The second-order valence-electron chi connectivity index (χ2n) is 13.0. The highest BCUT2D eigenvalue weighted by Crippen LogP contribution is 2.39. The number of rotatable bonds is 3. The van der Waals surface area contributed by atoms with Gasteiger partial charge in [0.15, 0.2) is 12.1 Å². The SMILES string of the molecule is C[C@H]1\C=C/C=C\C=C/C=C\[C@@H](O[C@@H]2O[C@H](C)[C@@H](O)[C@H](N)[C@@H]2O)C[C@H]2O[C@@](O)(C[C@H](O)C[C@H]3O[C@H]3/C=C\C(=O)O[C@@H]1C)C[C@@H](O)[C@@H]2C(=O)O. The Morgan fingerprint density at radius 2 is 1.54 bits per heavy atom. The molecular weight excluding hydrogens is 630 g/mol. The molecule has 0 spiro atoms. The van der Waals surface area contributed by atoms with E-state index in [4.69, 9.17) is 29.4 Å². The first-order chi connectivity index (χ1) is 22.7. The van der Waals surface area contributed by atoms with Gasteiger partial charge in [0.25, 0.3) is 0 Å². The first kappa shape index (κ1) is 38.0. The van der Waals surface area contributed by atoms with Crippen molar-refractivity contribution >= 4 is 11.9 Å². The molecule has 2 bridgehead atoms. The van der Waals surface area contributed by atoms with E-state index in [1.165, 1.54) is 6.08 Å². The number of nitrogens with two attached hydrogens (primary N) is 1. The average molecular weight is 680 g/mol. The number of fused-ring (bicyclic) bond motifs is 3. The van der Waals surface area contributed by atoms with Gasteiger partial charge in [-0.3, -0.25) is 4.79 Å². The summed E-state index contributed by atoms with van der Waals surface area (Å²) in [5.41, 5.74) is 5.98. The highest BCUT2D eigenvalue weighted by Gasteiger charge is 2.51. The maximum atomic E-state index is 12.3. The standard InChI is InChI=1S/C34H49NO13/c1-18-10-8-6-4-5-7-9-11-22(46-33-31(40)29(35)30(39)20(3)45-33)15-26-28(32(41)42)23(37)17-34(43,48-26)16-21(36)14-25-24(47-25)12-13-27(38)44-19(18)2/h4-13,18-26,28-31,33,36-37,39-40,43H,14-17,35H2,1-3H3,(H,41,42)/b6-4-,7-5-,10-8-,11-9-,13-12-/t18-,19+,20+,21+,22+,23+,24-,25+,26+,28-,29-,30+,31-,33-,34-/m0/s1. The third-order valence-electron chi connectivity index (χ3n) is 9.11. The summed E-state index contributed by atoms with van der Waals surface area (Å²) in [6.45, 7) is 5.27. The van der Waals surface area contributed by atoms with Gasteiger partial charge in [-0.25, -0.2) is 4.79 Å². The minimum absolute atomic E-state index is 0.0747. The zero-order valence-electron chi connectivity index (χ0n) is 27.3. The van der Waals surface area contributed by atoms with Gasteiger partial charge in [-0.2, -0.15) is 0 Å². The van der Waals surface area contributed by atoms with E-state index in [9.17, 15) is 40.2 Å². The fraction of sp³-hybridized carbons (Fsp3) is 0.647. The third-order valence-corrected chi connectivity index (χ3v) is 9.11. The van der Waals surface area contributed by atoms with Gasteiger partial charge in [0.2, 0.25) is 0 Å². The van der Waals surface area contributed by atoms with E-state index >= 15 is 0 Å². The highest BCUT2D eigenvalue weighted by molar-refractivity contribution is 5.82. The number of carboxylic acid groups (broad SMARTS) is 1. The van der Waals surface area contributed by atoms with Crippen LogP contribution in [-0.4, -0.2) is 122 Å². The van der Waals surface area contributed by atoms with Crippen LogP contribution in [0.4, 0.5) is 0 Å². The van der Waals surface area contributed by atoms with Gasteiger partial charge in [-0.05, 0) is 19.9 Å². The summed E-state index contributed by atoms with van der Waals surface area (Å²) in [5, 5.41) is 64.1. The molecule has 0 aromatic rings. The molecule has 15 atom stereocenters. The number of hydrogen-bond donors (Lipinski definition) is 7. The quantitative estimate of drug-likeness (QED) is 0.158. The Balaban J connectivity index is 1.60. The Morgan fingerprint density at radius 3 is 2.23 bits per heavy atom. The van der Waals surface area contributed by atoms with Crippen LogP contribution in [0.2, 0.25) is 0 Å². The molecule has 0 aromatic heterocycles. The van der Waals surface area contributed by atoms with E-state index in [-0.39, 0.29) is 25.2 Å². The summed E-state index contributed by atoms with van der Waals surface area (Å²) in [6.07, 6.45) is 4.79. The molecule has 48 heavy (non-hydrogen) atoms. The number of hydrogen-bond acceptors (Lipinski definition) is 13. The molecule has 14 heteroatoms. The second-order valence-corrected chi connectivity index (χ2v) is 13.0. The van der Waals surface area contributed by atoms with Crippen LogP contribution < -0.4 is 5.73 Å². The van der Waals surface area contributed by atoms with Crippen molar-refractivity contribution in [1.82, 2.24) is 0 Å². The highest BCUT2D eigenvalue weighted by atomic mass is 16.7. The molecule has 3 fully saturated rings. The molecule has 0 radical (unpaired) electrons. The number of aliphatic carboxylic acids is 1. The molecule has 0 saturated carbocycles. The van der Waals surface area contributed by atoms with Gasteiger partial charge in [0.1, 0.15) is 24.2 Å². The predicted molar refractivity (Wildman–Crippen MR) is 170 cm³/mol. The molecule has 0 aliphatic carbocycles. The maximum Gasteiger partial charge on any atom is 0.330 e. The van der Waals surface area contributed by atoms with Crippen molar-refractivity contribution in [1.29, 1.82) is 0 Å². The minimum atomic E-state index is -2.10. The fourth-order valence-corrected chi connectivity index (χ4v) is 6.10. The van der Waals surface area contributed by atoms with Crippen LogP contribution in [0.5, 0.6) is 0 Å². The number of carboxylic acids is 1. The van der Waals surface area contributed by atoms with E-state index in [1.54, 1.807) is 56.4 Å². The summed E-state index contributed by atoms with van der Waals surface area (Å²) >= 11 is 0. The Labute approximate surface area is 279 Å². The number of carbonyl (C=O) groups is 2. The zero-order valence-corrected chi connectivity index (χ0v) is 27.3. The van der Waals surface area contributed by atoms with Gasteiger partial charge in [-0.15, -0.1) is 0 Å². The average Bonchev–Trinajstić information content (AvgIpc) is 3.74. The zero-order chi connectivity index (χ0) is 35.2. The molecule has 0 unspecified atom stereocenters. The number of cyclic esters (lactones) is 1. The first-order valence-electron chi connectivity index (χ1n) is 16.3. The lowest BCUT2D eigenvalue weighted by molar-refractivity contribution is -0.308. The van der Waals surface area contributed by atoms with E-state index in [1.807, 2.05) is 19.1 Å². The Kier molecular flexibility index (Phi) is 13.3. The van der Waals surface area contributed by atoms with Gasteiger partial charge >= 0.3 is 11.9 Å². The summed E-state index contributed by atoms with van der Waals surface area (Å²) in [5.74, 6) is -5.53. The minimum Gasteiger partial charge on any atom is -0.481 e. The fourth-order valence-electron chi connectivity index (χ4n) is 6.10. The topological polar surface area (TPSA) is 231 Å². The van der Waals surface area contributed by atoms with Crippen LogP contribution in [0, 0.1) is 11.8 Å². The van der Waals surface area contributed by atoms with Crippen molar-refractivity contribution in [2.45, 2.75) is 126 Å². The van der Waals surface area contributed by atoms with Crippen molar-refractivity contribution < 1.29 is 63.9 Å². The lowest BCUT2D eigenvalue weighted by atomic mass is 9.83. The molecule has 4 rings (SSSR count). The first-order valence-corrected chi connectivity index (χ1v) is 16.3. The van der Waals surface area contributed by atoms with Crippen LogP contribution in [0.25, 0.3) is 0 Å². The van der Waals surface area contributed by atoms with Gasteiger partial charge in [0.05, 0.1) is 48.8 Å². The monoisotopic (exact) mass is 679 g/mol. The van der Waals surface area contributed by atoms with Gasteiger partial charge < -0.3 is 60.1 Å². The van der Waals surface area contributed by atoms with Crippen molar-refractivity contribution in [3.8, 4) is 0 Å². The van der Waals surface area contributed by atoms with E-state index in [0.717, 1.165) is 0 Å². The second kappa shape index (κ2) is 16.8. The lowest BCUT2D eigenvalue weighted by Crippen LogP contribution is -2.61. The summed E-state index contributed by atoms with van der Waals surface area (Å²) in [7, 11) is 0. The smallest absolute Gasteiger partial charge is 0.330 e. The van der Waals surface area contributed by atoms with Crippen LogP contribution in [-0.2, 0) is 33.3 Å². The summed E-state index contributed by atoms with van der Waals surface area (Å²) in [6, 6.07) is -1.08. The largest absolute Gasteiger partial charge is 0.481 e. The van der Waals surface area contributed by atoms with Crippen molar-refractivity contribution in [2.24, 2.45) is 17.6 Å². The molecule has 268 valence electrons. The number of epoxide rings is 1. The van der Waals surface area contributed by atoms with Crippen LogP contribution in [0.15, 0.2) is 60.8 Å². The van der Waals surface area contributed by atoms with Crippen LogP contribution in [0.1, 0.15) is 46.5 Å². The van der Waals surface area contributed by atoms with E-state index < -0.39 is 103 Å². The number of ether oxygens (including phenoxy) is 5. The van der Waals surface area contributed by atoms with Crippen molar-refractivity contribution in [3.05, 3.63) is 60.8 Å². The maximum absolute atomic E-state index is 12.3. The molecule has 0 amide bonds. The Bertz CT molecular complexity index is 1250. The molecule has 4 aliphatic rings. The van der Waals surface area contributed by atoms with Crippen LogP contribution in [0.3, 0.4) is 0 Å². The number of aliphatic hydroxyl groups excluding tert-OH is 4. The molecule has 0 aromatic carbocycles. The van der Waals surface area contributed by atoms with Gasteiger partial charge in [0, 0.05) is 37.7 Å². The summed E-state index contributed by atoms with van der Waals surface area (Å²) < 4.78 is 28.7. The lowest BCUT2D eigenvalue weighted by Gasteiger charge is -2.45. The number of allylic oxidation sites excluding steroid dienone is 6. The van der Waals surface area contributed by atoms with E-state index in [2.05, 4.69) is 0 Å². The van der Waals surface area contributed by atoms with Crippen molar-refractivity contribution in [2.75, 3.05) is 0 Å². The number of aliphatic hydroxyl groups is 5. The number of esters is 1. The van der Waals surface area contributed by atoms with Crippen molar-refractivity contribution in [3.63, 3.8) is 0 Å². The summed E-state index contributed by atoms with van der Waals surface area (Å²) in [4.78, 5) is 24.6. The van der Waals surface area contributed by atoms with Crippen LogP contribution >= 0.6 is 0 Å². The molecule has 14 nitrogen and oxygen atoms in total. The Hall–Kier alpha value is -2.76. The predicted octanol–water partition coefficient (Wildman–Crippen LogP) is 0.366. The Morgan fingerprint density at radius 1 is 0.875 bits per heavy atom. The molecule has 8 N–H and O–H groups in total. The molecule has 3 saturated heterocycles. The molecule has 4 heterocycles. The third kappa shape index (κ3) is 10.4.